The predicted molar refractivity (Wildman–Crippen MR) is 73.9 cm³/mol. The van der Waals surface area contributed by atoms with E-state index in [4.69, 9.17) is 32.0 Å². The van der Waals surface area contributed by atoms with E-state index in [1.165, 1.54) is 0 Å². The molecular formula is C13H8Cl2N2O2. The van der Waals surface area contributed by atoms with Gasteiger partial charge in [-0.1, -0.05) is 41.4 Å². The summed E-state index contributed by atoms with van der Waals surface area (Å²) in [6.45, 7) is 0. The monoisotopic (exact) mass is 294 g/mol. The van der Waals surface area contributed by atoms with Crippen molar-refractivity contribution < 1.29 is 8.83 Å². The molecule has 6 heteroatoms. The number of fused-ring (bicyclic) bond motifs is 1. The van der Waals surface area contributed by atoms with Crippen LogP contribution >= 0.6 is 23.2 Å². The molecule has 0 N–H and O–H groups in total. The first-order valence-electron chi connectivity index (χ1n) is 5.50. The molecule has 0 atom stereocenters. The Hall–Kier alpha value is -1.78. The molecular weight excluding hydrogens is 287 g/mol. The average Bonchev–Trinajstić information content (AvgIpc) is 3.02. The van der Waals surface area contributed by atoms with Crippen LogP contribution in [0.2, 0.25) is 0 Å². The fourth-order valence-corrected chi connectivity index (χ4v) is 1.82. The zero-order valence-electron chi connectivity index (χ0n) is 9.59. The highest BCUT2D eigenvalue weighted by Gasteiger charge is 2.11. The predicted octanol–water partition coefficient (Wildman–Crippen LogP) is 4.46. The molecule has 0 fully saturated rings. The first-order valence-corrected chi connectivity index (χ1v) is 6.38. The van der Waals surface area contributed by atoms with Gasteiger partial charge in [0.05, 0.1) is 0 Å². The van der Waals surface area contributed by atoms with E-state index in [9.17, 15) is 0 Å². The van der Waals surface area contributed by atoms with Gasteiger partial charge in [0.1, 0.15) is 11.3 Å². The number of halogens is 2. The third kappa shape index (κ3) is 2.64. The number of para-hydroxylation sites is 1. The molecule has 3 rings (SSSR count). The molecule has 0 unspecified atom stereocenters. The number of furan rings is 1. The quantitative estimate of drug-likeness (QED) is 0.669. The van der Waals surface area contributed by atoms with Crippen LogP contribution in [0.3, 0.4) is 0 Å². The number of alkyl halides is 2. The molecule has 0 aliphatic carbocycles. The van der Waals surface area contributed by atoms with Crippen LogP contribution in [0.4, 0.5) is 0 Å². The summed E-state index contributed by atoms with van der Waals surface area (Å²) >= 11 is 11.2. The summed E-state index contributed by atoms with van der Waals surface area (Å²) in [5, 5.41) is 8.54. The third-order valence-corrected chi connectivity index (χ3v) is 2.85. The van der Waals surface area contributed by atoms with Gasteiger partial charge in [-0.05, 0) is 18.2 Å². The molecule has 4 nitrogen and oxygen atoms in total. The van der Waals surface area contributed by atoms with Gasteiger partial charge in [0.25, 0.3) is 0 Å². The van der Waals surface area contributed by atoms with Gasteiger partial charge in [-0.3, -0.25) is 0 Å². The second-order valence-electron chi connectivity index (χ2n) is 3.80. The molecule has 0 bridgehead atoms. The Kier molecular flexibility index (Phi) is 3.27. The van der Waals surface area contributed by atoms with Crippen molar-refractivity contribution in [1.82, 2.24) is 10.2 Å². The summed E-state index contributed by atoms with van der Waals surface area (Å²) in [6, 6.07) is 9.69. The Morgan fingerprint density at radius 3 is 2.63 bits per heavy atom. The van der Waals surface area contributed by atoms with Crippen molar-refractivity contribution in [2.45, 2.75) is 4.84 Å². The standard InChI is InChI=1S/C13H8Cl2N2O2/c14-12(15)13-17-16-11(19-13)6-5-9-7-8-3-1-2-4-10(8)18-9/h1-7,12H/b6-5+. The number of rotatable bonds is 3. The van der Waals surface area contributed by atoms with Crippen molar-refractivity contribution in [3.63, 3.8) is 0 Å². The third-order valence-electron chi connectivity index (χ3n) is 2.48. The zero-order chi connectivity index (χ0) is 13.2. The summed E-state index contributed by atoms with van der Waals surface area (Å²) in [5.74, 6) is 1.20. The molecule has 0 saturated heterocycles. The normalized spacial score (nSPS) is 11.9. The Morgan fingerprint density at radius 1 is 1.05 bits per heavy atom. The van der Waals surface area contributed by atoms with Crippen molar-refractivity contribution >= 4 is 46.3 Å². The minimum atomic E-state index is -0.819. The topological polar surface area (TPSA) is 52.1 Å². The van der Waals surface area contributed by atoms with Crippen molar-refractivity contribution in [2.75, 3.05) is 0 Å². The van der Waals surface area contributed by atoms with E-state index in [2.05, 4.69) is 10.2 Å². The molecule has 1 aromatic carbocycles. The Labute approximate surface area is 118 Å². The number of nitrogens with zero attached hydrogens (tertiary/aromatic N) is 2. The maximum Gasteiger partial charge on any atom is 0.249 e. The highest BCUT2D eigenvalue weighted by Crippen LogP contribution is 2.24. The highest BCUT2D eigenvalue weighted by atomic mass is 35.5. The summed E-state index contributed by atoms with van der Waals surface area (Å²) in [6.07, 6.45) is 3.39. The van der Waals surface area contributed by atoms with E-state index < -0.39 is 4.84 Å². The van der Waals surface area contributed by atoms with Crippen LogP contribution in [0.25, 0.3) is 23.1 Å². The number of benzene rings is 1. The van der Waals surface area contributed by atoms with Crippen molar-refractivity contribution in [2.24, 2.45) is 0 Å². The van der Waals surface area contributed by atoms with Crippen LogP contribution in [-0.2, 0) is 0 Å². The highest BCUT2D eigenvalue weighted by molar-refractivity contribution is 6.43. The van der Waals surface area contributed by atoms with E-state index in [0.717, 1.165) is 11.0 Å². The summed E-state index contributed by atoms with van der Waals surface area (Å²) in [4.78, 5) is -0.819. The molecule has 3 aromatic rings. The number of hydrogen-bond acceptors (Lipinski definition) is 4. The van der Waals surface area contributed by atoms with Gasteiger partial charge >= 0.3 is 0 Å². The van der Waals surface area contributed by atoms with Crippen LogP contribution < -0.4 is 0 Å². The van der Waals surface area contributed by atoms with Crippen molar-refractivity contribution in [3.8, 4) is 0 Å². The van der Waals surface area contributed by atoms with E-state index in [1.54, 1.807) is 12.2 Å². The van der Waals surface area contributed by atoms with Crippen LogP contribution in [0.15, 0.2) is 39.2 Å². The molecule has 0 aliphatic rings. The molecule has 2 aromatic heterocycles. The Bertz CT molecular complexity index is 698. The van der Waals surface area contributed by atoms with Crippen LogP contribution in [0, 0.1) is 0 Å². The van der Waals surface area contributed by atoms with E-state index in [-0.39, 0.29) is 5.89 Å². The summed E-state index contributed by atoms with van der Waals surface area (Å²) < 4.78 is 10.8. The lowest BCUT2D eigenvalue weighted by molar-refractivity contribution is 0.501. The minimum Gasteiger partial charge on any atom is -0.457 e. The lowest BCUT2D eigenvalue weighted by atomic mass is 10.2. The molecule has 0 aliphatic heterocycles. The molecule has 2 heterocycles. The van der Waals surface area contributed by atoms with Gasteiger partial charge in [0.15, 0.2) is 4.84 Å². The molecule has 96 valence electrons. The average molecular weight is 295 g/mol. The van der Waals surface area contributed by atoms with Gasteiger partial charge in [-0.15, -0.1) is 10.2 Å². The zero-order valence-corrected chi connectivity index (χ0v) is 11.1. The van der Waals surface area contributed by atoms with E-state index in [0.29, 0.717) is 11.7 Å². The number of hydrogen-bond donors (Lipinski definition) is 0. The maximum absolute atomic E-state index is 5.62. The van der Waals surface area contributed by atoms with Gasteiger partial charge in [-0.2, -0.15) is 0 Å². The Morgan fingerprint density at radius 2 is 1.89 bits per heavy atom. The number of aromatic nitrogens is 2. The second-order valence-corrected chi connectivity index (χ2v) is 4.90. The molecule has 19 heavy (non-hydrogen) atoms. The SMILES string of the molecule is ClC(Cl)c1nnc(/C=C/c2cc3ccccc3o2)o1. The van der Waals surface area contributed by atoms with Crippen LogP contribution in [0.1, 0.15) is 22.4 Å². The van der Waals surface area contributed by atoms with E-state index in [1.807, 2.05) is 30.3 Å². The van der Waals surface area contributed by atoms with Crippen LogP contribution in [0.5, 0.6) is 0 Å². The maximum atomic E-state index is 5.62. The second kappa shape index (κ2) is 5.07. The van der Waals surface area contributed by atoms with Crippen molar-refractivity contribution in [1.29, 1.82) is 0 Å². The lowest BCUT2D eigenvalue weighted by Crippen LogP contribution is -1.78. The largest absolute Gasteiger partial charge is 0.457 e. The Balaban J connectivity index is 1.84. The summed E-state index contributed by atoms with van der Waals surface area (Å²) in [7, 11) is 0. The fraction of sp³-hybridized carbons (Fsp3) is 0.0769. The molecule has 0 amide bonds. The molecule has 0 saturated carbocycles. The van der Waals surface area contributed by atoms with Gasteiger partial charge in [-0.25, -0.2) is 0 Å². The van der Waals surface area contributed by atoms with Crippen LogP contribution in [-0.4, -0.2) is 10.2 Å². The lowest BCUT2D eigenvalue weighted by Gasteiger charge is -1.88. The van der Waals surface area contributed by atoms with Gasteiger partial charge in [0.2, 0.25) is 11.8 Å². The molecule has 0 radical (unpaired) electrons. The van der Waals surface area contributed by atoms with Crippen molar-refractivity contribution in [3.05, 3.63) is 47.9 Å². The van der Waals surface area contributed by atoms with Gasteiger partial charge < -0.3 is 8.83 Å². The molecule has 0 spiro atoms. The van der Waals surface area contributed by atoms with Gasteiger partial charge in [0, 0.05) is 11.5 Å². The van der Waals surface area contributed by atoms with E-state index >= 15 is 0 Å². The fourth-order valence-electron chi connectivity index (χ4n) is 1.64. The first kappa shape index (κ1) is 12.3. The first-order chi connectivity index (χ1) is 9.22. The summed E-state index contributed by atoms with van der Waals surface area (Å²) in [5.41, 5.74) is 0.829. The smallest absolute Gasteiger partial charge is 0.249 e. The minimum absolute atomic E-state index is 0.174.